The summed E-state index contributed by atoms with van der Waals surface area (Å²) in [6, 6.07) is 0. The molecule has 2 rings (SSSR count). The van der Waals surface area contributed by atoms with Crippen LogP contribution in [-0.2, 0) is 9.59 Å². The average Bonchev–Trinajstić information content (AvgIpc) is 2.85. The molecule has 0 aromatic heterocycles. The zero-order valence-electron chi connectivity index (χ0n) is 11.4. The van der Waals surface area contributed by atoms with E-state index in [1.54, 1.807) is 0 Å². The third-order valence-corrected chi connectivity index (χ3v) is 5.87. The minimum atomic E-state index is -0.0475. The summed E-state index contributed by atoms with van der Waals surface area (Å²) in [6.45, 7) is 6.84. The molecule has 1 saturated heterocycles. The second kappa shape index (κ2) is 4.95. The average molecular weight is 316 g/mol. The van der Waals surface area contributed by atoms with Crippen molar-refractivity contribution in [3.63, 3.8) is 0 Å². The molecule has 1 saturated carbocycles. The quantitative estimate of drug-likeness (QED) is 0.591. The topological polar surface area (TPSA) is 37.4 Å². The van der Waals surface area contributed by atoms with Crippen molar-refractivity contribution < 1.29 is 9.59 Å². The maximum Gasteiger partial charge on any atom is 0.233 e. The number of carbonyl (C=O) groups excluding carboxylic acids is 2. The Bertz CT molecular complexity index is 343. The summed E-state index contributed by atoms with van der Waals surface area (Å²) in [7, 11) is 0. The van der Waals surface area contributed by atoms with E-state index in [4.69, 9.17) is 0 Å². The normalized spacial score (nSPS) is 32.2. The minimum absolute atomic E-state index is 0.0198. The van der Waals surface area contributed by atoms with Crippen molar-refractivity contribution in [3.8, 4) is 0 Å². The Labute approximate surface area is 117 Å². The van der Waals surface area contributed by atoms with Gasteiger partial charge < -0.3 is 0 Å². The van der Waals surface area contributed by atoms with Crippen LogP contribution in [0.25, 0.3) is 0 Å². The first-order valence-corrected chi connectivity index (χ1v) is 7.93. The first-order valence-electron chi connectivity index (χ1n) is 6.81. The van der Waals surface area contributed by atoms with E-state index < -0.39 is 0 Å². The number of alkyl halides is 1. The molecule has 0 aromatic rings. The van der Waals surface area contributed by atoms with Crippen LogP contribution in [0, 0.1) is 23.2 Å². The summed E-state index contributed by atoms with van der Waals surface area (Å²) < 4.78 is 0. The van der Waals surface area contributed by atoms with E-state index in [0.29, 0.717) is 12.5 Å². The van der Waals surface area contributed by atoms with Crippen LogP contribution >= 0.6 is 15.9 Å². The Morgan fingerprint density at radius 3 is 2.11 bits per heavy atom. The third kappa shape index (κ3) is 2.36. The molecule has 3 nitrogen and oxygen atoms in total. The van der Waals surface area contributed by atoms with Gasteiger partial charge in [0.15, 0.2) is 0 Å². The molecule has 102 valence electrons. The highest BCUT2D eigenvalue weighted by Gasteiger charge is 2.52. The van der Waals surface area contributed by atoms with Gasteiger partial charge in [-0.3, -0.25) is 14.5 Å². The predicted octanol–water partition coefficient (Wildman–Crippen LogP) is 2.83. The second-order valence-corrected chi connectivity index (χ2v) is 7.08. The van der Waals surface area contributed by atoms with Gasteiger partial charge in [0.25, 0.3) is 0 Å². The van der Waals surface area contributed by atoms with Crippen molar-refractivity contribution in [2.24, 2.45) is 23.2 Å². The molecule has 2 amide bonds. The van der Waals surface area contributed by atoms with E-state index in [2.05, 4.69) is 36.7 Å². The molecule has 1 aliphatic heterocycles. The smallest absolute Gasteiger partial charge is 0.233 e. The van der Waals surface area contributed by atoms with Crippen LogP contribution in [0.5, 0.6) is 0 Å². The number of hydrogen-bond donors (Lipinski definition) is 0. The Morgan fingerprint density at radius 1 is 1.22 bits per heavy atom. The van der Waals surface area contributed by atoms with Crippen LogP contribution in [0.3, 0.4) is 0 Å². The van der Waals surface area contributed by atoms with Crippen molar-refractivity contribution in [2.75, 3.05) is 11.9 Å². The van der Waals surface area contributed by atoms with Gasteiger partial charge in [-0.1, -0.05) is 43.1 Å². The Balaban J connectivity index is 2.10. The van der Waals surface area contributed by atoms with E-state index in [1.165, 1.54) is 4.90 Å². The molecular weight excluding hydrogens is 294 g/mol. The Morgan fingerprint density at radius 2 is 1.72 bits per heavy atom. The molecule has 2 unspecified atom stereocenters. The molecule has 18 heavy (non-hydrogen) atoms. The van der Waals surface area contributed by atoms with Crippen molar-refractivity contribution in [1.29, 1.82) is 0 Å². The first kappa shape index (κ1) is 14.0. The van der Waals surface area contributed by atoms with Crippen LogP contribution in [0.1, 0.15) is 40.0 Å². The fourth-order valence-corrected chi connectivity index (χ4v) is 3.33. The standard InChI is InChI=1S/C14H22BrNO2/c1-4-9-5-10-11(6-9)13(18)16(12(10)17)8-14(2,3)7-15/h9-11H,4-8H2,1-3H3. The summed E-state index contributed by atoms with van der Waals surface area (Å²) in [5, 5.41) is 0.796. The van der Waals surface area contributed by atoms with Gasteiger partial charge in [-0.05, 0) is 24.2 Å². The molecule has 1 aliphatic carbocycles. The van der Waals surface area contributed by atoms with Crippen LogP contribution in [0.2, 0.25) is 0 Å². The largest absolute Gasteiger partial charge is 0.282 e. The van der Waals surface area contributed by atoms with Crippen molar-refractivity contribution >= 4 is 27.7 Å². The number of halogens is 1. The van der Waals surface area contributed by atoms with E-state index in [9.17, 15) is 9.59 Å². The van der Waals surface area contributed by atoms with E-state index >= 15 is 0 Å². The zero-order valence-corrected chi connectivity index (χ0v) is 13.0. The highest BCUT2D eigenvalue weighted by atomic mass is 79.9. The molecule has 2 atom stereocenters. The number of amides is 2. The summed E-state index contributed by atoms with van der Waals surface area (Å²) in [5.74, 6) is 0.686. The zero-order chi connectivity index (χ0) is 13.5. The Hall–Kier alpha value is -0.380. The first-order chi connectivity index (χ1) is 8.39. The lowest BCUT2D eigenvalue weighted by molar-refractivity contribution is -0.142. The maximum atomic E-state index is 12.3. The summed E-state index contributed by atoms with van der Waals surface area (Å²) >= 11 is 3.45. The van der Waals surface area contributed by atoms with Crippen molar-refractivity contribution in [3.05, 3.63) is 0 Å². The fraction of sp³-hybridized carbons (Fsp3) is 0.857. The van der Waals surface area contributed by atoms with Crippen molar-refractivity contribution in [2.45, 2.75) is 40.0 Å². The minimum Gasteiger partial charge on any atom is -0.282 e. The van der Waals surface area contributed by atoms with Crippen LogP contribution in [-0.4, -0.2) is 28.6 Å². The lowest BCUT2D eigenvalue weighted by Gasteiger charge is -2.28. The number of likely N-dealkylation sites (tertiary alicyclic amines) is 1. The van der Waals surface area contributed by atoms with Gasteiger partial charge in [-0.2, -0.15) is 0 Å². The molecule has 0 bridgehead atoms. The number of imide groups is 1. The molecule has 0 radical (unpaired) electrons. The van der Waals surface area contributed by atoms with Gasteiger partial charge >= 0.3 is 0 Å². The number of rotatable bonds is 4. The summed E-state index contributed by atoms with van der Waals surface area (Å²) in [4.78, 5) is 26.2. The highest BCUT2D eigenvalue weighted by molar-refractivity contribution is 9.09. The lowest BCUT2D eigenvalue weighted by Crippen LogP contribution is -2.40. The summed E-state index contributed by atoms with van der Waals surface area (Å²) in [5.41, 5.74) is -0.0475. The van der Waals surface area contributed by atoms with Gasteiger partial charge in [-0.25, -0.2) is 0 Å². The van der Waals surface area contributed by atoms with Crippen LogP contribution in [0.15, 0.2) is 0 Å². The van der Waals surface area contributed by atoms with Crippen LogP contribution < -0.4 is 0 Å². The predicted molar refractivity (Wildman–Crippen MR) is 74.3 cm³/mol. The monoisotopic (exact) mass is 315 g/mol. The Kier molecular flexibility index (Phi) is 3.86. The lowest BCUT2D eigenvalue weighted by atomic mass is 9.95. The maximum absolute atomic E-state index is 12.3. The molecule has 2 fully saturated rings. The van der Waals surface area contributed by atoms with E-state index in [-0.39, 0.29) is 29.1 Å². The SMILES string of the molecule is CCC1CC2C(=O)N(CC(C)(C)CBr)C(=O)C2C1. The van der Waals surface area contributed by atoms with Gasteiger partial charge in [0.05, 0.1) is 11.8 Å². The molecule has 1 heterocycles. The number of fused-ring (bicyclic) bond motifs is 1. The third-order valence-electron chi connectivity index (χ3n) is 4.35. The molecule has 4 heteroatoms. The molecule has 0 aromatic carbocycles. The van der Waals surface area contributed by atoms with Crippen molar-refractivity contribution in [1.82, 2.24) is 4.90 Å². The molecular formula is C14H22BrNO2. The number of hydrogen-bond acceptors (Lipinski definition) is 2. The second-order valence-electron chi connectivity index (χ2n) is 6.52. The molecule has 0 N–H and O–H groups in total. The van der Waals surface area contributed by atoms with Crippen LogP contribution in [0.4, 0.5) is 0 Å². The van der Waals surface area contributed by atoms with Gasteiger partial charge in [0.2, 0.25) is 11.8 Å². The molecule has 2 aliphatic rings. The van der Waals surface area contributed by atoms with Gasteiger partial charge in [-0.15, -0.1) is 0 Å². The van der Waals surface area contributed by atoms with Gasteiger partial charge in [0, 0.05) is 11.9 Å². The fourth-order valence-electron chi connectivity index (χ4n) is 3.16. The number of nitrogens with zero attached hydrogens (tertiary/aromatic N) is 1. The number of carbonyl (C=O) groups is 2. The van der Waals surface area contributed by atoms with E-state index in [1.807, 2.05) is 0 Å². The van der Waals surface area contributed by atoms with Gasteiger partial charge in [0.1, 0.15) is 0 Å². The summed E-state index contributed by atoms with van der Waals surface area (Å²) in [6.07, 6.45) is 2.91. The molecule has 0 spiro atoms. The van der Waals surface area contributed by atoms with E-state index in [0.717, 1.165) is 24.6 Å². The highest BCUT2D eigenvalue weighted by Crippen LogP contribution is 2.44.